The van der Waals surface area contributed by atoms with Crippen LogP contribution in [0.15, 0.2) is 24.3 Å². The van der Waals surface area contributed by atoms with Gasteiger partial charge in [0.05, 0.1) is 26.4 Å². The van der Waals surface area contributed by atoms with E-state index in [4.69, 9.17) is 18.5 Å². The Kier molecular flexibility index (Phi) is 20.9. The van der Waals surface area contributed by atoms with Crippen molar-refractivity contribution in [3.8, 4) is 0 Å². The number of hydrogen-bond donors (Lipinski definition) is 0. The molecule has 0 spiro atoms. The van der Waals surface area contributed by atoms with Gasteiger partial charge in [0, 0.05) is 17.3 Å². The van der Waals surface area contributed by atoms with E-state index in [1.54, 1.807) is 13.8 Å². The van der Waals surface area contributed by atoms with Gasteiger partial charge in [-0.3, -0.25) is 4.57 Å². The Bertz CT molecular complexity index is 610. The lowest BCUT2D eigenvalue weighted by Gasteiger charge is -2.18. The normalized spacial score (nSPS) is 11.3. The molecule has 0 radical (unpaired) electrons. The largest absolute Gasteiger partial charge is 0.462 e. The van der Waals surface area contributed by atoms with Crippen LogP contribution >= 0.6 is 7.60 Å². The smallest absolute Gasteiger partial charge is 0.333 e. The van der Waals surface area contributed by atoms with E-state index in [0.717, 1.165) is 83.5 Å². The van der Waals surface area contributed by atoms with E-state index < -0.39 is 7.60 Å². The molecule has 7 nitrogen and oxygen atoms in total. The van der Waals surface area contributed by atoms with Gasteiger partial charge in [0.2, 0.25) is 0 Å². The van der Waals surface area contributed by atoms with E-state index in [1.807, 2.05) is 6.92 Å². The molecular weight excluding hydrogens is 467 g/mol. The molecule has 0 aromatic heterocycles. The molecule has 0 aromatic rings. The molecule has 204 valence electrons. The fraction of sp³-hybridized carbons (Fsp3) is 0.778. The molecule has 0 aliphatic carbocycles. The van der Waals surface area contributed by atoms with Crippen molar-refractivity contribution in [2.24, 2.45) is 0 Å². The van der Waals surface area contributed by atoms with Crippen LogP contribution in [0.4, 0.5) is 0 Å². The monoisotopic (exact) mass is 516 g/mol. The Morgan fingerprint density at radius 3 is 1.23 bits per heavy atom. The van der Waals surface area contributed by atoms with Crippen molar-refractivity contribution >= 4 is 19.5 Å². The predicted octanol–water partition coefficient (Wildman–Crippen LogP) is 7.54. The van der Waals surface area contributed by atoms with Crippen LogP contribution in [0.25, 0.3) is 0 Å². The lowest BCUT2D eigenvalue weighted by atomic mass is 10.1. The maximum Gasteiger partial charge on any atom is 0.333 e. The highest BCUT2D eigenvalue weighted by Crippen LogP contribution is 2.49. The maximum absolute atomic E-state index is 12.9. The molecule has 0 bridgehead atoms. The first-order valence-electron chi connectivity index (χ1n) is 13.2. The third-order valence-corrected chi connectivity index (χ3v) is 7.46. The predicted molar refractivity (Wildman–Crippen MR) is 142 cm³/mol. The van der Waals surface area contributed by atoms with Gasteiger partial charge in [0.1, 0.15) is 0 Å². The van der Waals surface area contributed by atoms with Crippen molar-refractivity contribution in [2.45, 2.75) is 104 Å². The van der Waals surface area contributed by atoms with Gasteiger partial charge in [-0.05, 0) is 46.0 Å². The van der Waals surface area contributed by atoms with Gasteiger partial charge in [0.25, 0.3) is 0 Å². The van der Waals surface area contributed by atoms with E-state index in [0.29, 0.717) is 43.7 Å². The highest BCUT2D eigenvalue weighted by atomic mass is 31.2. The zero-order valence-electron chi connectivity index (χ0n) is 22.4. The third kappa shape index (κ3) is 20.5. The molecule has 35 heavy (non-hydrogen) atoms. The van der Waals surface area contributed by atoms with Crippen LogP contribution in [-0.4, -0.2) is 44.5 Å². The second-order valence-electron chi connectivity index (χ2n) is 9.08. The van der Waals surface area contributed by atoms with Crippen LogP contribution in [0, 0.1) is 0 Å². The summed E-state index contributed by atoms with van der Waals surface area (Å²) in [6.45, 7) is 14.2. The van der Waals surface area contributed by atoms with Crippen LogP contribution in [0.3, 0.4) is 0 Å². The summed E-state index contributed by atoms with van der Waals surface area (Å²) in [5.41, 5.74) is 0.864. The topological polar surface area (TPSA) is 88.1 Å². The molecule has 8 heteroatoms. The van der Waals surface area contributed by atoms with Crippen molar-refractivity contribution in [2.75, 3.05) is 32.6 Å². The Hall–Kier alpha value is -1.43. The number of hydrogen-bond acceptors (Lipinski definition) is 7. The molecule has 0 heterocycles. The van der Waals surface area contributed by atoms with Gasteiger partial charge >= 0.3 is 19.5 Å². The first-order chi connectivity index (χ1) is 16.7. The van der Waals surface area contributed by atoms with E-state index in [2.05, 4.69) is 13.2 Å². The van der Waals surface area contributed by atoms with E-state index >= 15 is 0 Å². The summed E-state index contributed by atoms with van der Waals surface area (Å²) in [5.74, 6) is -0.645. The second kappa shape index (κ2) is 21.8. The van der Waals surface area contributed by atoms with Gasteiger partial charge < -0.3 is 18.5 Å². The molecule has 0 aliphatic rings. The molecule has 0 saturated heterocycles. The van der Waals surface area contributed by atoms with Crippen molar-refractivity contribution in [1.82, 2.24) is 0 Å². The van der Waals surface area contributed by atoms with Crippen LogP contribution in [-0.2, 0) is 32.7 Å². The second-order valence-corrected chi connectivity index (χ2v) is 11.3. The summed E-state index contributed by atoms with van der Waals surface area (Å²) in [7, 11) is -3.01. The Morgan fingerprint density at radius 2 is 0.914 bits per heavy atom. The average molecular weight is 517 g/mol. The zero-order valence-corrected chi connectivity index (χ0v) is 23.3. The Morgan fingerprint density at radius 1 is 0.600 bits per heavy atom. The molecular formula is C27H49O7P. The SMILES string of the molecule is C=C(C)C(=O)OCCCCCCCCOP(=O)(CCC)OCCCCCCCCOC(=O)C(=C)C. The molecule has 0 unspecified atom stereocenters. The number of carbonyl (C=O) groups is 2. The van der Waals surface area contributed by atoms with Gasteiger partial charge in [-0.2, -0.15) is 0 Å². The fourth-order valence-electron chi connectivity index (χ4n) is 3.25. The lowest BCUT2D eigenvalue weighted by Crippen LogP contribution is -2.06. The van der Waals surface area contributed by atoms with Crippen molar-refractivity contribution in [1.29, 1.82) is 0 Å². The first kappa shape index (κ1) is 33.6. The summed E-state index contributed by atoms with van der Waals surface area (Å²) >= 11 is 0. The standard InChI is InChI=1S/C27H49O7P/c1-6-23-35(30,33-21-17-13-9-7-11-15-19-31-26(28)24(2)3)34-22-18-14-10-8-12-16-20-32-27(29)25(4)5/h2,4,6-23H2,1,3,5H3. The van der Waals surface area contributed by atoms with Gasteiger partial charge in [-0.15, -0.1) is 0 Å². The third-order valence-electron chi connectivity index (χ3n) is 5.31. The van der Waals surface area contributed by atoms with Crippen molar-refractivity contribution in [3.63, 3.8) is 0 Å². The number of unbranched alkanes of at least 4 members (excludes halogenated alkanes) is 10. The molecule has 0 atom stereocenters. The van der Waals surface area contributed by atoms with E-state index in [-0.39, 0.29) is 11.9 Å². The van der Waals surface area contributed by atoms with Crippen LogP contribution in [0.5, 0.6) is 0 Å². The number of rotatable bonds is 24. The molecule has 0 aromatic carbocycles. The van der Waals surface area contributed by atoms with E-state index in [1.165, 1.54) is 0 Å². The summed E-state index contributed by atoms with van der Waals surface area (Å²) in [6.07, 6.45) is 13.1. The lowest BCUT2D eigenvalue weighted by molar-refractivity contribution is -0.139. The van der Waals surface area contributed by atoms with Crippen molar-refractivity contribution in [3.05, 3.63) is 24.3 Å². The number of ether oxygens (including phenoxy) is 2. The molecule has 0 fully saturated rings. The van der Waals surface area contributed by atoms with Crippen LogP contribution in [0.1, 0.15) is 104 Å². The fourth-order valence-corrected chi connectivity index (χ4v) is 4.94. The number of esters is 2. The van der Waals surface area contributed by atoms with Crippen LogP contribution < -0.4 is 0 Å². The molecule has 0 aliphatic heterocycles. The zero-order chi connectivity index (χ0) is 26.4. The number of carbonyl (C=O) groups excluding carboxylic acids is 2. The maximum atomic E-state index is 12.9. The van der Waals surface area contributed by atoms with Gasteiger partial charge in [-0.1, -0.05) is 71.4 Å². The minimum Gasteiger partial charge on any atom is -0.462 e. The minimum absolute atomic E-state index is 0.323. The summed E-state index contributed by atoms with van der Waals surface area (Å²) in [6, 6.07) is 0. The summed E-state index contributed by atoms with van der Waals surface area (Å²) < 4.78 is 34.4. The Labute approximate surface area is 213 Å². The highest BCUT2D eigenvalue weighted by molar-refractivity contribution is 7.53. The average Bonchev–Trinajstić information content (AvgIpc) is 2.81. The summed E-state index contributed by atoms with van der Waals surface area (Å²) in [5, 5.41) is 0. The summed E-state index contributed by atoms with van der Waals surface area (Å²) in [4.78, 5) is 22.6. The molecule has 0 N–H and O–H groups in total. The van der Waals surface area contributed by atoms with E-state index in [9.17, 15) is 14.2 Å². The Balaban J connectivity index is 3.71. The molecule has 0 saturated carbocycles. The first-order valence-corrected chi connectivity index (χ1v) is 15.0. The minimum atomic E-state index is -3.01. The molecule has 0 amide bonds. The van der Waals surface area contributed by atoms with Gasteiger partial charge in [-0.25, -0.2) is 9.59 Å². The van der Waals surface area contributed by atoms with Crippen molar-refractivity contribution < 1.29 is 32.7 Å². The quantitative estimate of drug-likeness (QED) is 0.0566. The highest BCUT2D eigenvalue weighted by Gasteiger charge is 2.22. The molecule has 0 rings (SSSR count). The van der Waals surface area contributed by atoms with Crippen LogP contribution in [0.2, 0.25) is 0 Å². The van der Waals surface area contributed by atoms with Gasteiger partial charge in [0.15, 0.2) is 0 Å².